The van der Waals surface area contributed by atoms with Gasteiger partial charge >= 0.3 is 47.4 Å². The van der Waals surface area contributed by atoms with Crippen molar-refractivity contribution in [2.75, 3.05) is 9.80 Å². The molecule has 16 rings (SSSR count). The SMILES string of the molecule is CC(C)(C)c1ccc(N2c3cccc4c3B(c3cc5c(cc3N4C3CCC4C(C3)C(F)(F)C(F)(F)C(F)(F)C4(F)F)C(F)(F)C(F)(F)C(F)(F)C5(F)F)c3sc4c(C56CCC(CC5)CC6)cccc4c32)c(C23CCC(CC2)CC3)c1. The minimum atomic E-state index is -6.71. The predicted molar refractivity (Wildman–Crippen MR) is 276 cm³/mol. The van der Waals surface area contributed by atoms with Gasteiger partial charge in [-0.25, -0.2) is 0 Å². The zero-order chi connectivity index (χ0) is 56.9. The summed E-state index contributed by atoms with van der Waals surface area (Å²) in [5, 5.41) is 0.734. The first-order valence-electron chi connectivity index (χ1n) is 27.9. The van der Waals surface area contributed by atoms with Crippen LogP contribution in [0.4, 0.5) is 98.7 Å². The maximum atomic E-state index is 16.6. The zero-order valence-electron chi connectivity index (χ0n) is 43.8. The van der Waals surface area contributed by atoms with Crippen molar-refractivity contribution in [2.24, 2.45) is 23.7 Å². The zero-order valence-corrected chi connectivity index (χ0v) is 44.6. The van der Waals surface area contributed by atoms with Crippen molar-refractivity contribution in [3.05, 3.63) is 94.5 Å². The van der Waals surface area contributed by atoms with E-state index in [1.54, 1.807) is 6.07 Å². The molecule has 426 valence electrons. The van der Waals surface area contributed by atoms with E-state index < -0.39 is 114 Å². The summed E-state index contributed by atoms with van der Waals surface area (Å²) in [6.07, 6.45) is 7.66. The van der Waals surface area contributed by atoms with Crippen LogP contribution >= 0.6 is 11.3 Å². The molecule has 2 nitrogen and oxygen atoms in total. The highest BCUT2D eigenvalue weighted by Crippen LogP contribution is 2.69. The van der Waals surface area contributed by atoms with E-state index in [-0.39, 0.29) is 33.5 Å². The minimum absolute atomic E-state index is 0.0453. The highest BCUT2D eigenvalue weighted by Gasteiger charge is 2.89. The summed E-state index contributed by atoms with van der Waals surface area (Å²) in [5.41, 5.74) is -1.47. The van der Waals surface area contributed by atoms with Gasteiger partial charge in [0.2, 0.25) is 0 Å². The molecular weight excluding hydrogens is 1100 g/mol. The van der Waals surface area contributed by atoms with Gasteiger partial charge in [0.25, 0.3) is 6.71 Å². The van der Waals surface area contributed by atoms with Gasteiger partial charge in [-0.05, 0) is 176 Å². The predicted octanol–water partition coefficient (Wildman–Crippen LogP) is 17.2. The smallest absolute Gasteiger partial charge is 0.339 e. The lowest BCUT2D eigenvalue weighted by Crippen LogP contribution is -2.74. The highest BCUT2D eigenvalue weighted by molar-refractivity contribution is 7.34. The van der Waals surface area contributed by atoms with Crippen LogP contribution < -0.4 is 25.5 Å². The van der Waals surface area contributed by atoms with Gasteiger partial charge in [0.1, 0.15) is 0 Å². The quantitative estimate of drug-likeness (QED) is 0.128. The van der Waals surface area contributed by atoms with Crippen LogP contribution in [0.15, 0.2) is 66.7 Å². The number of benzene rings is 4. The van der Waals surface area contributed by atoms with Crippen LogP contribution in [0.5, 0.6) is 0 Å². The van der Waals surface area contributed by atoms with E-state index in [0.717, 1.165) is 114 Å². The Morgan fingerprint density at radius 3 is 1.60 bits per heavy atom. The highest BCUT2D eigenvalue weighted by atomic mass is 32.1. The maximum Gasteiger partial charge on any atom is 0.382 e. The molecule has 80 heavy (non-hydrogen) atoms. The van der Waals surface area contributed by atoms with Gasteiger partial charge in [0.15, 0.2) is 0 Å². The van der Waals surface area contributed by atoms with Gasteiger partial charge in [-0.15, -0.1) is 11.3 Å². The fourth-order valence-electron chi connectivity index (χ4n) is 16.9. The molecule has 4 bridgehead atoms. The first-order chi connectivity index (χ1) is 37.3. The van der Waals surface area contributed by atoms with Gasteiger partial charge in [-0.1, -0.05) is 63.2 Å². The molecule has 0 N–H and O–H groups in total. The second-order valence-electron chi connectivity index (χ2n) is 26.2. The van der Waals surface area contributed by atoms with Crippen molar-refractivity contribution in [3.63, 3.8) is 0 Å². The number of hydrogen-bond donors (Lipinski definition) is 0. The second-order valence-corrected chi connectivity index (χ2v) is 27.2. The van der Waals surface area contributed by atoms with Crippen LogP contribution in [0, 0.1) is 23.7 Å². The molecule has 11 aliphatic rings. The molecule has 20 heteroatoms. The topological polar surface area (TPSA) is 6.48 Å². The van der Waals surface area contributed by atoms with Crippen LogP contribution in [0.1, 0.15) is 145 Å². The molecule has 3 unspecified atom stereocenters. The summed E-state index contributed by atoms with van der Waals surface area (Å²) in [7, 11) is 0. The fraction of sp³-hybridized carbons (Fsp3) is 0.567. The van der Waals surface area contributed by atoms with Gasteiger partial charge < -0.3 is 9.80 Å². The van der Waals surface area contributed by atoms with E-state index in [9.17, 15) is 0 Å². The average molecular weight is 1150 g/mol. The summed E-state index contributed by atoms with van der Waals surface area (Å²) >= 11 is 1.30. The van der Waals surface area contributed by atoms with Crippen LogP contribution in [0.25, 0.3) is 10.1 Å². The normalized spacial score (nSPS) is 32.9. The fourth-order valence-corrected chi connectivity index (χ4v) is 18.4. The molecule has 3 heterocycles. The van der Waals surface area contributed by atoms with Crippen LogP contribution in [-0.4, -0.2) is 48.3 Å². The molecule has 8 fully saturated rings. The molecule has 2 aliphatic heterocycles. The second kappa shape index (κ2) is 16.2. The Kier molecular flexibility index (Phi) is 10.8. The third-order valence-corrected chi connectivity index (χ3v) is 22.7. The molecule has 4 aromatic carbocycles. The Morgan fingerprint density at radius 2 is 1.02 bits per heavy atom. The van der Waals surface area contributed by atoms with E-state index >= 15 is 70.2 Å². The van der Waals surface area contributed by atoms with E-state index in [1.165, 1.54) is 23.5 Å². The van der Waals surface area contributed by atoms with Crippen molar-refractivity contribution >= 4 is 72.3 Å². The Balaban J connectivity index is 1.07. The lowest BCUT2D eigenvalue weighted by molar-refractivity contribution is -0.427. The molecule has 1 aromatic heterocycles. The van der Waals surface area contributed by atoms with Gasteiger partial charge in [-0.2, -0.15) is 70.2 Å². The van der Waals surface area contributed by atoms with Gasteiger partial charge in [0.05, 0.1) is 5.69 Å². The molecule has 5 aromatic rings. The number of hydrogen-bond acceptors (Lipinski definition) is 3. The number of halogens is 16. The first kappa shape index (κ1) is 53.4. The van der Waals surface area contributed by atoms with Crippen LogP contribution in [0.2, 0.25) is 0 Å². The standard InChI is InChI=1S/C60H55BF16N2S/c1-50(2,3)32-10-13-42(40(26-32)52-23-17-31(18-24-52)19-25-52)79-44-9-5-8-43-46(44)61(49-47(79)34-6-4-7-36(48(34)80-49)51-20-14-30(15-21-51)16-22-51)41-28-38-39(56(68,69)60(76,77)59(74,75)55(38,66)67)29-45(41)78(43)33-11-12-35-37(27-33)54(64,65)58(72,73)57(70,71)53(35,62)63/h4-10,13,26,28-31,33,35,37H,11-12,14-25,27H2,1-3H3. The molecule has 9 aliphatic carbocycles. The summed E-state index contributed by atoms with van der Waals surface area (Å²) in [5.74, 6) is -55.1. The molecule has 0 radical (unpaired) electrons. The third kappa shape index (κ3) is 6.39. The molecule has 0 amide bonds. The maximum absolute atomic E-state index is 16.6. The van der Waals surface area contributed by atoms with Crippen molar-refractivity contribution < 1.29 is 70.2 Å². The van der Waals surface area contributed by atoms with Gasteiger partial charge in [0, 0.05) is 66.6 Å². The number of fused-ring (bicyclic) bond motifs is 14. The van der Waals surface area contributed by atoms with Crippen molar-refractivity contribution in [2.45, 2.75) is 187 Å². The molecule has 0 saturated heterocycles. The van der Waals surface area contributed by atoms with E-state index in [0.29, 0.717) is 34.1 Å². The van der Waals surface area contributed by atoms with Crippen molar-refractivity contribution in [1.82, 2.24) is 0 Å². The summed E-state index contributed by atoms with van der Waals surface area (Å²) in [4.78, 5) is 3.10. The number of alkyl halides is 16. The number of nitrogens with zero attached hydrogens (tertiary/aromatic N) is 2. The summed E-state index contributed by atoms with van der Waals surface area (Å²) in [6, 6.07) is 15.7. The van der Waals surface area contributed by atoms with E-state index in [1.807, 2.05) is 24.3 Å². The lowest BCUT2D eigenvalue weighted by Gasteiger charge is -2.55. The molecule has 3 atom stereocenters. The van der Waals surface area contributed by atoms with Crippen molar-refractivity contribution in [1.29, 1.82) is 0 Å². The average Bonchev–Trinajstić information content (AvgIpc) is 1.37. The number of anilines is 5. The molecule has 0 spiro atoms. The first-order valence-corrected chi connectivity index (χ1v) is 28.7. The summed E-state index contributed by atoms with van der Waals surface area (Å²) in [6.45, 7) is 4.91. The largest absolute Gasteiger partial charge is 0.382 e. The number of rotatable bonds is 4. The van der Waals surface area contributed by atoms with Crippen LogP contribution in [0.3, 0.4) is 0 Å². The van der Waals surface area contributed by atoms with Gasteiger partial charge in [-0.3, -0.25) is 0 Å². The monoisotopic (exact) mass is 1150 g/mol. The Morgan fingerprint density at radius 1 is 0.500 bits per heavy atom. The molecular formula is C60H55BF16N2S. The Labute approximate surface area is 455 Å². The lowest BCUT2D eigenvalue weighted by atomic mass is 9.36. The third-order valence-electron chi connectivity index (χ3n) is 21.4. The summed E-state index contributed by atoms with van der Waals surface area (Å²) < 4.78 is 254. The number of thiophene rings is 1. The van der Waals surface area contributed by atoms with E-state index in [4.69, 9.17) is 0 Å². The van der Waals surface area contributed by atoms with Crippen LogP contribution in [-0.2, 0) is 28.1 Å². The Hall–Kier alpha value is -4.62. The minimum Gasteiger partial charge on any atom is -0.339 e. The van der Waals surface area contributed by atoms with Crippen molar-refractivity contribution in [3.8, 4) is 0 Å². The molecule has 8 saturated carbocycles. The van der Waals surface area contributed by atoms with E-state index in [2.05, 4.69) is 37.8 Å². The Bertz CT molecular complexity index is 3410.